The van der Waals surface area contributed by atoms with Crippen molar-refractivity contribution in [3.05, 3.63) is 35.9 Å². The highest BCUT2D eigenvalue weighted by atomic mass is 16.5. The fourth-order valence-electron chi connectivity index (χ4n) is 3.70. The van der Waals surface area contributed by atoms with Crippen molar-refractivity contribution in [1.82, 2.24) is 20.7 Å². The molecular weight excluding hydrogens is 348 g/mol. The van der Waals surface area contributed by atoms with Crippen LogP contribution in [0.3, 0.4) is 0 Å². The van der Waals surface area contributed by atoms with Gasteiger partial charge in [-0.2, -0.15) is 5.01 Å². The Morgan fingerprint density at radius 2 is 1.93 bits per heavy atom. The number of hydrogen-bond donors (Lipinski definition) is 2. The highest BCUT2D eigenvalue weighted by Gasteiger charge is 2.52. The van der Waals surface area contributed by atoms with Gasteiger partial charge in [0.25, 0.3) is 11.8 Å². The molecule has 0 spiro atoms. The molecule has 1 aromatic rings. The highest BCUT2D eigenvalue weighted by molar-refractivity contribution is 6.08. The molecule has 2 heterocycles. The molecule has 1 atom stereocenters. The standard InChI is InChI=1S/C19H26N4O4/c1-3-19(14-7-5-4-6-8-14)17(25)23(18(26)20-19)21-16(24)13-22-11-9-15(27-2)10-12-22/h4-8,15H,3,9-13H2,1-2H3,(H,20,26)(H,21,24). The molecule has 0 bridgehead atoms. The number of urea groups is 1. The SMILES string of the molecule is CCC1(c2ccccc2)NC(=O)N(NC(=O)CN2CCC(OC)CC2)C1=O. The van der Waals surface area contributed by atoms with E-state index in [1.807, 2.05) is 30.0 Å². The molecule has 1 aromatic carbocycles. The average Bonchev–Trinajstić information content (AvgIpc) is 2.94. The minimum atomic E-state index is -1.15. The van der Waals surface area contributed by atoms with Gasteiger partial charge in [-0.05, 0) is 24.8 Å². The first kappa shape index (κ1) is 19.3. The monoisotopic (exact) mass is 374 g/mol. The summed E-state index contributed by atoms with van der Waals surface area (Å²) in [4.78, 5) is 39.7. The Balaban J connectivity index is 1.64. The maximum atomic E-state index is 13.0. The number of nitrogens with zero attached hydrogens (tertiary/aromatic N) is 2. The Morgan fingerprint density at radius 1 is 1.26 bits per heavy atom. The van der Waals surface area contributed by atoms with Crippen LogP contribution in [0.1, 0.15) is 31.7 Å². The van der Waals surface area contributed by atoms with Gasteiger partial charge in [0.2, 0.25) is 0 Å². The molecule has 3 rings (SSSR count). The molecule has 2 aliphatic rings. The molecule has 2 aliphatic heterocycles. The summed E-state index contributed by atoms with van der Waals surface area (Å²) in [7, 11) is 1.69. The fraction of sp³-hybridized carbons (Fsp3) is 0.526. The molecule has 0 radical (unpaired) electrons. The molecule has 146 valence electrons. The lowest BCUT2D eigenvalue weighted by atomic mass is 9.87. The van der Waals surface area contributed by atoms with E-state index in [1.165, 1.54) is 0 Å². The zero-order chi connectivity index (χ0) is 19.4. The van der Waals surface area contributed by atoms with E-state index in [2.05, 4.69) is 10.7 Å². The summed E-state index contributed by atoms with van der Waals surface area (Å²) >= 11 is 0. The van der Waals surface area contributed by atoms with Crippen molar-refractivity contribution in [2.75, 3.05) is 26.7 Å². The number of hydrogen-bond acceptors (Lipinski definition) is 5. The van der Waals surface area contributed by atoms with E-state index >= 15 is 0 Å². The number of ether oxygens (including phenoxy) is 1. The van der Waals surface area contributed by atoms with Crippen LogP contribution in [-0.4, -0.2) is 60.6 Å². The Bertz CT molecular complexity index is 703. The number of carbonyl (C=O) groups is 3. The first-order valence-corrected chi connectivity index (χ1v) is 9.27. The number of benzene rings is 1. The van der Waals surface area contributed by atoms with Gasteiger partial charge in [-0.3, -0.25) is 19.9 Å². The number of carbonyl (C=O) groups excluding carboxylic acids is 3. The maximum absolute atomic E-state index is 13.0. The highest BCUT2D eigenvalue weighted by Crippen LogP contribution is 2.31. The van der Waals surface area contributed by atoms with Crippen LogP contribution in [0.25, 0.3) is 0 Å². The van der Waals surface area contributed by atoms with E-state index in [-0.39, 0.29) is 18.6 Å². The summed E-state index contributed by atoms with van der Waals surface area (Å²) in [6.45, 7) is 3.46. The van der Waals surface area contributed by atoms with Crippen LogP contribution < -0.4 is 10.7 Å². The molecule has 4 amide bonds. The minimum Gasteiger partial charge on any atom is -0.381 e. The second-order valence-electron chi connectivity index (χ2n) is 6.94. The van der Waals surface area contributed by atoms with Crippen LogP contribution >= 0.6 is 0 Å². The van der Waals surface area contributed by atoms with Crippen molar-refractivity contribution >= 4 is 17.8 Å². The van der Waals surface area contributed by atoms with Gasteiger partial charge in [0.15, 0.2) is 0 Å². The lowest BCUT2D eigenvalue weighted by molar-refractivity contribution is -0.140. The molecule has 0 aliphatic carbocycles. The number of piperidine rings is 1. The largest absolute Gasteiger partial charge is 0.381 e. The lowest BCUT2D eigenvalue weighted by Gasteiger charge is -2.31. The Morgan fingerprint density at radius 3 is 2.52 bits per heavy atom. The third kappa shape index (κ3) is 3.81. The molecule has 2 fully saturated rings. The summed E-state index contributed by atoms with van der Waals surface area (Å²) in [6, 6.07) is 8.46. The van der Waals surface area contributed by atoms with Gasteiger partial charge in [0.05, 0.1) is 12.6 Å². The topological polar surface area (TPSA) is 91.0 Å². The van der Waals surface area contributed by atoms with Crippen molar-refractivity contribution in [3.63, 3.8) is 0 Å². The number of amides is 4. The molecule has 1 unspecified atom stereocenters. The first-order chi connectivity index (χ1) is 13.0. The Labute approximate surface area is 158 Å². The average molecular weight is 374 g/mol. The number of imide groups is 1. The van der Waals surface area contributed by atoms with Crippen LogP contribution in [-0.2, 0) is 19.9 Å². The van der Waals surface area contributed by atoms with Crippen molar-refractivity contribution in [2.45, 2.75) is 37.8 Å². The van der Waals surface area contributed by atoms with Crippen molar-refractivity contribution in [3.8, 4) is 0 Å². The third-order valence-electron chi connectivity index (χ3n) is 5.36. The van der Waals surface area contributed by atoms with E-state index in [9.17, 15) is 14.4 Å². The summed E-state index contributed by atoms with van der Waals surface area (Å²) < 4.78 is 5.32. The van der Waals surface area contributed by atoms with E-state index in [0.29, 0.717) is 12.0 Å². The predicted molar refractivity (Wildman–Crippen MR) is 98.4 cm³/mol. The number of rotatable bonds is 6. The summed E-state index contributed by atoms with van der Waals surface area (Å²) in [6.07, 6.45) is 2.34. The van der Waals surface area contributed by atoms with Gasteiger partial charge in [0, 0.05) is 20.2 Å². The Kier molecular flexibility index (Phi) is 5.76. The lowest BCUT2D eigenvalue weighted by Crippen LogP contribution is -2.52. The van der Waals surface area contributed by atoms with Crippen LogP contribution in [0.15, 0.2) is 30.3 Å². The number of hydrazine groups is 1. The Hall–Kier alpha value is -2.45. The molecular formula is C19H26N4O4. The van der Waals surface area contributed by atoms with Gasteiger partial charge in [-0.1, -0.05) is 37.3 Å². The second kappa shape index (κ2) is 8.06. The zero-order valence-corrected chi connectivity index (χ0v) is 15.7. The van der Waals surface area contributed by atoms with Crippen LogP contribution in [0.4, 0.5) is 4.79 Å². The summed E-state index contributed by atoms with van der Waals surface area (Å²) in [5.41, 5.74) is 2.02. The molecule has 0 saturated carbocycles. The molecule has 0 aromatic heterocycles. The maximum Gasteiger partial charge on any atom is 0.344 e. The molecule has 2 saturated heterocycles. The fourth-order valence-corrected chi connectivity index (χ4v) is 3.70. The van der Waals surface area contributed by atoms with Crippen LogP contribution in [0.5, 0.6) is 0 Å². The van der Waals surface area contributed by atoms with E-state index < -0.39 is 17.5 Å². The van der Waals surface area contributed by atoms with Gasteiger partial charge in [-0.15, -0.1) is 0 Å². The molecule has 27 heavy (non-hydrogen) atoms. The third-order valence-corrected chi connectivity index (χ3v) is 5.36. The molecule has 8 nitrogen and oxygen atoms in total. The van der Waals surface area contributed by atoms with Gasteiger partial charge in [-0.25, -0.2) is 4.79 Å². The van der Waals surface area contributed by atoms with Crippen molar-refractivity contribution in [2.24, 2.45) is 0 Å². The summed E-state index contributed by atoms with van der Waals surface area (Å²) in [5, 5.41) is 3.55. The van der Waals surface area contributed by atoms with E-state index in [4.69, 9.17) is 4.74 Å². The van der Waals surface area contributed by atoms with Gasteiger partial charge >= 0.3 is 6.03 Å². The van der Waals surface area contributed by atoms with E-state index in [0.717, 1.165) is 30.9 Å². The zero-order valence-electron chi connectivity index (χ0n) is 15.7. The van der Waals surface area contributed by atoms with E-state index in [1.54, 1.807) is 19.2 Å². The van der Waals surface area contributed by atoms with Gasteiger partial charge in [0.1, 0.15) is 5.54 Å². The molecule has 8 heteroatoms. The molecule has 2 N–H and O–H groups in total. The number of nitrogens with one attached hydrogen (secondary N) is 2. The quantitative estimate of drug-likeness (QED) is 0.725. The van der Waals surface area contributed by atoms with Gasteiger partial charge < -0.3 is 10.1 Å². The second-order valence-corrected chi connectivity index (χ2v) is 6.94. The van der Waals surface area contributed by atoms with Crippen molar-refractivity contribution in [1.29, 1.82) is 0 Å². The minimum absolute atomic E-state index is 0.137. The smallest absolute Gasteiger partial charge is 0.344 e. The number of likely N-dealkylation sites (tertiary alicyclic amines) is 1. The first-order valence-electron chi connectivity index (χ1n) is 9.27. The van der Waals surface area contributed by atoms with Crippen LogP contribution in [0.2, 0.25) is 0 Å². The van der Waals surface area contributed by atoms with Crippen molar-refractivity contribution < 1.29 is 19.1 Å². The normalized spacial score (nSPS) is 24.1. The number of methoxy groups -OCH3 is 1. The predicted octanol–water partition coefficient (Wildman–Crippen LogP) is 0.986. The summed E-state index contributed by atoms with van der Waals surface area (Å²) in [5.74, 6) is -0.845. The van der Waals surface area contributed by atoms with Crippen LogP contribution in [0, 0.1) is 0 Å².